The molecular formula is C46H72O8. The Hall–Kier alpha value is -0.900. The van der Waals surface area contributed by atoms with Crippen molar-refractivity contribution in [2.45, 2.75) is 168 Å². The Bertz CT molecular complexity index is 1470. The van der Waals surface area contributed by atoms with Crippen molar-refractivity contribution >= 4 is 11.6 Å². The zero-order chi connectivity index (χ0) is 38.1. The molecule has 10 fully saturated rings. The highest BCUT2D eigenvalue weighted by atomic mass is 16.7. The summed E-state index contributed by atoms with van der Waals surface area (Å²) < 4.78 is 24.5. The maximum absolute atomic E-state index is 12.2. The number of rotatable bonds is 2. The van der Waals surface area contributed by atoms with Crippen LogP contribution in [0.2, 0.25) is 0 Å². The van der Waals surface area contributed by atoms with E-state index in [-0.39, 0.29) is 45.6 Å². The zero-order valence-corrected chi connectivity index (χ0v) is 34.4. The van der Waals surface area contributed by atoms with Crippen molar-refractivity contribution < 1.29 is 38.7 Å². The number of Topliss-reactive ketones (excluding diaryl/α,β-unsaturated/α-hetero) is 2. The van der Waals surface area contributed by atoms with Crippen LogP contribution in [0.4, 0.5) is 0 Å². The molecule has 8 saturated carbocycles. The minimum absolute atomic E-state index is 0.0138. The molecule has 0 bridgehead atoms. The highest BCUT2D eigenvalue weighted by molar-refractivity contribution is 5.80. The van der Waals surface area contributed by atoms with Gasteiger partial charge in [-0.1, -0.05) is 27.7 Å². The smallest absolute Gasteiger partial charge is 0.169 e. The van der Waals surface area contributed by atoms with E-state index in [1.807, 2.05) is 0 Å². The van der Waals surface area contributed by atoms with Gasteiger partial charge >= 0.3 is 0 Å². The summed E-state index contributed by atoms with van der Waals surface area (Å²) in [7, 11) is 0. The van der Waals surface area contributed by atoms with Crippen molar-refractivity contribution in [3.63, 3.8) is 0 Å². The summed E-state index contributed by atoms with van der Waals surface area (Å²) >= 11 is 0. The highest BCUT2D eigenvalue weighted by Crippen LogP contribution is 2.70. The number of ketones is 2. The number of hydrogen-bond donors (Lipinski definition) is 2. The topological polar surface area (TPSA) is 112 Å². The Balaban J connectivity index is 0.000000146. The minimum Gasteiger partial charge on any atom is -0.393 e. The van der Waals surface area contributed by atoms with E-state index in [0.29, 0.717) is 84.5 Å². The van der Waals surface area contributed by atoms with E-state index in [2.05, 4.69) is 34.6 Å². The van der Waals surface area contributed by atoms with Crippen molar-refractivity contribution in [1.29, 1.82) is 0 Å². The van der Waals surface area contributed by atoms with Gasteiger partial charge in [0.25, 0.3) is 0 Å². The summed E-state index contributed by atoms with van der Waals surface area (Å²) in [6, 6.07) is 0. The van der Waals surface area contributed by atoms with Gasteiger partial charge in [-0.25, -0.2) is 0 Å². The first-order valence-corrected chi connectivity index (χ1v) is 22.5. The first-order chi connectivity index (χ1) is 25.6. The second-order valence-electron chi connectivity index (χ2n) is 21.8. The van der Waals surface area contributed by atoms with E-state index >= 15 is 0 Å². The number of hydrogen-bond acceptors (Lipinski definition) is 8. The molecule has 8 nitrogen and oxygen atoms in total. The molecule has 2 N–H and O–H groups in total. The molecule has 0 amide bonds. The van der Waals surface area contributed by atoms with Gasteiger partial charge in [0.2, 0.25) is 0 Å². The molecule has 0 aromatic carbocycles. The molecule has 0 radical (unpaired) electrons. The fraction of sp³-hybridized carbons (Fsp3) is 0.957. The first-order valence-electron chi connectivity index (χ1n) is 22.5. The van der Waals surface area contributed by atoms with Crippen molar-refractivity contribution in [1.82, 2.24) is 0 Å². The molecule has 0 aromatic rings. The average molecular weight is 753 g/mol. The lowest BCUT2D eigenvalue weighted by Gasteiger charge is -2.63. The Kier molecular flexibility index (Phi) is 9.52. The largest absolute Gasteiger partial charge is 0.393 e. The third-order valence-electron chi connectivity index (χ3n) is 19.8. The monoisotopic (exact) mass is 753 g/mol. The van der Waals surface area contributed by atoms with Crippen LogP contribution in [0, 0.1) is 80.8 Å². The van der Waals surface area contributed by atoms with E-state index in [1.165, 1.54) is 25.7 Å². The second kappa shape index (κ2) is 13.3. The molecule has 2 aliphatic heterocycles. The molecule has 54 heavy (non-hydrogen) atoms. The summed E-state index contributed by atoms with van der Waals surface area (Å²) in [5.41, 5.74) is 0.412. The number of aliphatic hydroxyl groups is 2. The fourth-order valence-corrected chi connectivity index (χ4v) is 17.5. The van der Waals surface area contributed by atoms with E-state index in [9.17, 15) is 19.8 Å². The Morgan fingerprint density at radius 3 is 1.81 bits per heavy atom. The van der Waals surface area contributed by atoms with Crippen LogP contribution in [0.5, 0.6) is 0 Å². The number of carbonyl (C=O) groups is 2. The molecule has 2 unspecified atom stereocenters. The lowest BCUT2D eigenvalue weighted by Crippen LogP contribution is -2.61. The summed E-state index contributed by atoms with van der Waals surface area (Å²) in [5.74, 6) is 4.67. The number of ether oxygens (including phenoxy) is 4. The predicted molar refractivity (Wildman–Crippen MR) is 204 cm³/mol. The Labute approximate surface area is 324 Å². The van der Waals surface area contributed by atoms with Gasteiger partial charge < -0.3 is 29.2 Å². The average Bonchev–Trinajstić information content (AvgIpc) is 3.91. The Morgan fingerprint density at radius 2 is 1.17 bits per heavy atom. The molecule has 8 heteroatoms. The van der Waals surface area contributed by atoms with Gasteiger partial charge in [-0.15, -0.1) is 0 Å². The van der Waals surface area contributed by atoms with E-state index < -0.39 is 5.79 Å². The molecule has 8 aliphatic carbocycles. The molecule has 304 valence electrons. The second-order valence-corrected chi connectivity index (χ2v) is 21.8. The summed E-state index contributed by atoms with van der Waals surface area (Å²) in [4.78, 5) is 24.1. The predicted octanol–water partition coefficient (Wildman–Crippen LogP) is 7.90. The summed E-state index contributed by atoms with van der Waals surface area (Å²) in [5, 5.41) is 22.9. The van der Waals surface area contributed by atoms with E-state index in [4.69, 9.17) is 18.9 Å². The molecule has 2 heterocycles. The van der Waals surface area contributed by atoms with Crippen LogP contribution < -0.4 is 0 Å². The SMILES string of the molecule is CC(=O)[C@H]1CC[C@H]2[C@@H]3CCC4CC(=O)CC[C@]4(C)[C@H]3[C@@H](O)C[C@]12C.CC1([C@H]2CC[C@H]3[C@@H]4CCC5CC6(CC[C@]5(C)[C@H]4[C@@H](O)C[C@]23C)OCCO6)OCCO1. The minimum atomic E-state index is -0.467. The molecule has 2 saturated heterocycles. The molecule has 10 aliphatic rings. The molecule has 16 atom stereocenters. The van der Waals surface area contributed by atoms with Gasteiger partial charge in [0.05, 0.1) is 38.6 Å². The van der Waals surface area contributed by atoms with Crippen LogP contribution in [0.3, 0.4) is 0 Å². The fourth-order valence-electron chi connectivity index (χ4n) is 17.5. The standard InChI is InChI=1S/C25H40O5.C21H32O3/c1-22-8-9-25(29-12-13-30-25)14-16(22)4-5-17-18-6-7-20(24(3)27-10-11-28-24)23(18,2)15-19(26)21(17)22;1-12(22)16-6-7-17-15-5-4-13-10-14(23)8-9-20(13,2)19(15)18(24)11-21(16,17)3/h16-21,26H,4-15H2,1-3H3;13,15-19,24H,4-11H2,1-3H3/t16?,17-,18-,19-,20-,21+,22-,23-;13?,15-,16+,17-,18-,19+,20-,21+/m00/s1. The van der Waals surface area contributed by atoms with E-state index in [1.54, 1.807) is 6.92 Å². The van der Waals surface area contributed by atoms with Crippen LogP contribution in [-0.2, 0) is 28.5 Å². The normalized spacial score (nSPS) is 54.0. The lowest BCUT2D eigenvalue weighted by molar-refractivity contribution is -0.254. The van der Waals surface area contributed by atoms with Gasteiger partial charge in [-0.3, -0.25) is 9.59 Å². The van der Waals surface area contributed by atoms with E-state index in [0.717, 1.165) is 83.8 Å². The number of aliphatic hydroxyl groups excluding tert-OH is 2. The molecule has 10 rings (SSSR count). The van der Waals surface area contributed by atoms with Crippen LogP contribution in [0.15, 0.2) is 0 Å². The quantitative estimate of drug-likeness (QED) is 0.293. The number of carbonyl (C=O) groups excluding carboxylic acids is 2. The van der Waals surface area contributed by atoms with Crippen LogP contribution >= 0.6 is 0 Å². The van der Waals surface area contributed by atoms with Crippen molar-refractivity contribution in [3.05, 3.63) is 0 Å². The van der Waals surface area contributed by atoms with Gasteiger partial charge in [0.15, 0.2) is 11.6 Å². The highest BCUT2D eigenvalue weighted by Gasteiger charge is 2.68. The third kappa shape index (κ3) is 5.62. The summed E-state index contributed by atoms with van der Waals surface area (Å²) in [6.07, 6.45) is 16.0. The van der Waals surface area contributed by atoms with Gasteiger partial charge in [0.1, 0.15) is 11.6 Å². The lowest BCUT2D eigenvalue weighted by atomic mass is 9.43. The van der Waals surface area contributed by atoms with Gasteiger partial charge in [0, 0.05) is 37.5 Å². The van der Waals surface area contributed by atoms with Gasteiger partial charge in [-0.2, -0.15) is 0 Å². The van der Waals surface area contributed by atoms with Gasteiger partial charge in [-0.05, 0) is 160 Å². The van der Waals surface area contributed by atoms with Crippen molar-refractivity contribution in [2.75, 3.05) is 26.4 Å². The summed E-state index contributed by atoms with van der Waals surface area (Å²) in [6.45, 7) is 16.3. The first kappa shape index (κ1) is 38.6. The van der Waals surface area contributed by atoms with Crippen LogP contribution in [0.25, 0.3) is 0 Å². The maximum atomic E-state index is 12.2. The zero-order valence-electron chi connectivity index (χ0n) is 34.4. The molecule has 1 spiro atoms. The van der Waals surface area contributed by atoms with Crippen molar-refractivity contribution in [2.24, 2.45) is 80.8 Å². The maximum Gasteiger partial charge on any atom is 0.169 e. The van der Waals surface area contributed by atoms with Crippen molar-refractivity contribution in [3.8, 4) is 0 Å². The van der Waals surface area contributed by atoms with Crippen LogP contribution in [0.1, 0.15) is 144 Å². The Morgan fingerprint density at radius 1 is 0.611 bits per heavy atom. The third-order valence-corrected chi connectivity index (χ3v) is 19.8. The van der Waals surface area contributed by atoms with Crippen LogP contribution in [-0.4, -0.2) is 72.0 Å². The molecule has 0 aromatic heterocycles. The molecular weight excluding hydrogens is 680 g/mol. The number of fused-ring (bicyclic) bond motifs is 10.